The van der Waals surface area contributed by atoms with E-state index in [-0.39, 0.29) is 10.6 Å². The fraction of sp³-hybridized carbons (Fsp3) is 0.0769. The van der Waals surface area contributed by atoms with Crippen molar-refractivity contribution >= 4 is 53.3 Å². The largest absolute Gasteiger partial charge is 0.497 e. The second-order valence-corrected chi connectivity index (χ2v) is 7.55. The molecule has 0 saturated carbocycles. The highest BCUT2D eigenvalue weighted by atomic mass is 79.9. The Kier molecular flexibility index (Phi) is 4.80. The molecule has 0 radical (unpaired) electrons. The van der Waals surface area contributed by atoms with Crippen LogP contribution in [-0.4, -0.2) is 15.5 Å². The Morgan fingerprint density at radius 1 is 1.14 bits per heavy atom. The standard InChI is InChI=1S/C13H12Br2N2O3S/c1-20-9-3-5-11(16)12(7-9)17-21(18,19)13-6-8(14)2-4-10(13)15/h2-7,17H,16H2,1H3. The van der Waals surface area contributed by atoms with Crippen LogP contribution in [0.1, 0.15) is 0 Å². The molecule has 0 fully saturated rings. The van der Waals surface area contributed by atoms with Crippen LogP contribution in [0.25, 0.3) is 0 Å². The van der Waals surface area contributed by atoms with Crippen molar-refractivity contribution in [1.82, 2.24) is 0 Å². The SMILES string of the molecule is COc1ccc(N)c(NS(=O)(=O)c2cc(Br)ccc2Br)c1. The van der Waals surface area contributed by atoms with Crippen molar-refractivity contribution in [1.29, 1.82) is 0 Å². The minimum Gasteiger partial charge on any atom is -0.497 e. The lowest BCUT2D eigenvalue weighted by Crippen LogP contribution is -2.14. The number of benzene rings is 2. The van der Waals surface area contributed by atoms with Gasteiger partial charge in [-0.15, -0.1) is 0 Å². The summed E-state index contributed by atoms with van der Waals surface area (Å²) in [6.45, 7) is 0. The van der Waals surface area contributed by atoms with Crippen molar-refractivity contribution in [2.24, 2.45) is 0 Å². The van der Waals surface area contributed by atoms with Gasteiger partial charge in [0, 0.05) is 15.0 Å². The van der Waals surface area contributed by atoms with E-state index in [0.29, 0.717) is 20.4 Å². The molecule has 0 aliphatic rings. The van der Waals surface area contributed by atoms with Crippen molar-refractivity contribution in [3.8, 4) is 5.75 Å². The van der Waals surface area contributed by atoms with Crippen LogP contribution in [-0.2, 0) is 10.0 Å². The number of nitrogens with two attached hydrogens (primary N) is 1. The fourth-order valence-corrected chi connectivity index (χ4v) is 4.22. The third kappa shape index (κ3) is 3.69. The first-order valence-corrected chi connectivity index (χ1v) is 8.82. The highest BCUT2D eigenvalue weighted by molar-refractivity contribution is 9.11. The number of hydrogen-bond acceptors (Lipinski definition) is 4. The smallest absolute Gasteiger partial charge is 0.263 e. The lowest BCUT2D eigenvalue weighted by Gasteiger charge is -2.13. The number of ether oxygens (including phenoxy) is 1. The van der Waals surface area contributed by atoms with Crippen LogP contribution in [0.2, 0.25) is 0 Å². The molecule has 0 bridgehead atoms. The summed E-state index contributed by atoms with van der Waals surface area (Å²) in [5, 5.41) is 0. The van der Waals surface area contributed by atoms with Gasteiger partial charge in [-0.1, -0.05) is 15.9 Å². The van der Waals surface area contributed by atoms with E-state index in [4.69, 9.17) is 10.5 Å². The van der Waals surface area contributed by atoms with Gasteiger partial charge in [-0.25, -0.2) is 8.42 Å². The van der Waals surface area contributed by atoms with Gasteiger partial charge in [0.1, 0.15) is 10.6 Å². The van der Waals surface area contributed by atoms with Crippen LogP contribution in [0.3, 0.4) is 0 Å². The summed E-state index contributed by atoms with van der Waals surface area (Å²) in [5.41, 5.74) is 6.37. The van der Waals surface area contributed by atoms with Crippen molar-refractivity contribution < 1.29 is 13.2 Å². The Balaban J connectivity index is 2.44. The molecule has 21 heavy (non-hydrogen) atoms. The van der Waals surface area contributed by atoms with E-state index in [1.54, 1.807) is 24.3 Å². The first-order chi connectivity index (χ1) is 9.83. The number of anilines is 2. The Bertz CT molecular complexity index is 779. The number of nitrogen functional groups attached to an aromatic ring is 1. The minimum atomic E-state index is -3.78. The monoisotopic (exact) mass is 434 g/mol. The molecule has 0 aliphatic heterocycles. The van der Waals surface area contributed by atoms with Gasteiger partial charge in [-0.3, -0.25) is 4.72 Å². The van der Waals surface area contributed by atoms with E-state index in [1.165, 1.54) is 19.2 Å². The number of nitrogens with one attached hydrogen (secondary N) is 1. The average Bonchev–Trinajstić information content (AvgIpc) is 2.43. The van der Waals surface area contributed by atoms with Gasteiger partial charge in [0.15, 0.2) is 0 Å². The number of sulfonamides is 1. The van der Waals surface area contributed by atoms with Gasteiger partial charge < -0.3 is 10.5 Å². The van der Waals surface area contributed by atoms with E-state index >= 15 is 0 Å². The summed E-state index contributed by atoms with van der Waals surface area (Å²) in [6, 6.07) is 9.65. The molecule has 0 amide bonds. The van der Waals surface area contributed by atoms with Crippen molar-refractivity contribution in [2.75, 3.05) is 17.6 Å². The molecule has 3 N–H and O–H groups in total. The van der Waals surface area contributed by atoms with E-state index in [0.717, 1.165) is 0 Å². The van der Waals surface area contributed by atoms with Gasteiger partial charge in [-0.2, -0.15) is 0 Å². The molecule has 0 spiro atoms. The van der Waals surface area contributed by atoms with Gasteiger partial charge >= 0.3 is 0 Å². The first kappa shape index (κ1) is 16.1. The average molecular weight is 436 g/mol. The summed E-state index contributed by atoms with van der Waals surface area (Å²) >= 11 is 6.48. The van der Waals surface area contributed by atoms with E-state index in [9.17, 15) is 8.42 Å². The molecule has 2 rings (SSSR count). The van der Waals surface area contributed by atoms with Crippen LogP contribution in [0.15, 0.2) is 50.2 Å². The quantitative estimate of drug-likeness (QED) is 0.718. The molecule has 0 atom stereocenters. The van der Waals surface area contributed by atoms with Gasteiger partial charge in [0.05, 0.1) is 18.5 Å². The normalized spacial score (nSPS) is 11.2. The maximum atomic E-state index is 12.5. The number of methoxy groups -OCH3 is 1. The highest BCUT2D eigenvalue weighted by Crippen LogP contribution is 2.30. The summed E-state index contributed by atoms with van der Waals surface area (Å²) < 4.78 is 33.6. The number of halogens is 2. The van der Waals surface area contributed by atoms with Crippen LogP contribution < -0.4 is 15.2 Å². The molecule has 2 aromatic rings. The summed E-state index contributed by atoms with van der Waals surface area (Å²) in [4.78, 5) is 0.110. The highest BCUT2D eigenvalue weighted by Gasteiger charge is 2.19. The second kappa shape index (κ2) is 6.25. The molecule has 5 nitrogen and oxygen atoms in total. The molecule has 0 aliphatic carbocycles. The predicted molar refractivity (Wildman–Crippen MR) is 90.1 cm³/mol. The maximum Gasteiger partial charge on any atom is 0.263 e. The number of hydrogen-bond donors (Lipinski definition) is 2. The van der Waals surface area contributed by atoms with E-state index < -0.39 is 10.0 Å². The molecular weight excluding hydrogens is 424 g/mol. The lowest BCUT2D eigenvalue weighted by molar-refractivity contribution is 0.415. The third-order valence-corrected chi connectivity index (χ3v) is 5.54. The minimum absolute atomic E-state index is 0.110. The van der Waals surface area contributed by atoms with Crippen LogP contribution in [0.4, 0.5) is 11.4 Å². The zero-order valence-corrected chi connectivity index (χ0v) is 14.9. The Morgan fingerprint density at radius 3 is 2.52 bits per heavy atom. The molecule has 0 saturated heterocycles. The summed E-state index contributed by atoms with van der Waals surface area (Å²) in [7, 11) is -2.28. The molecule has 0 aromatic heterocycles. The Hall–Kier alpha value is -1.25. The molecule has 2 aromatic carbocycles. The van der Waals surface area contributed by atoms with Crippen molar-refractivity contribution in [3.63, 3.8) is 0 Å². The topological polar surface area (TPSA) is 81.4 Å². The third-order valence-electron chi connectivity index (χ3n) is 2.69. The van der Waals surface area contributed by atoms with Crippen LogP contribution >= 0.6 is 31.9 Å². The lowest BCUT2D eigenvalue weighted by atomic mass is 10.2. The maximum absolute atomic E-state index is 12.5. The Labute approximate surface area is 139 Å². The van der Waals surface area contributed by atoms with Crippen molar-refractivity contribution in [3.05, 3.63) is 45.3 Å². The molecule has 0 unspecified atom stereocenters. The molecule has 0 heterocycles. The molecular formula is C13H12Br2N2O3S. The van der Waals surface area contributed by atoms with Crippen molar-refractivity contribution in [2.45, 2.75) is 4.90 Å². The fourth-order valence-electron chi connectivity index (χ4n) is 1.63. The van der Waals surface area contributed by atoms with E-state index in [2.05, 4.69) is 36.6 Å². The summed E-state index contributed by atoms with van der Waals surface area (Å²) in [6.07, 6.45) is 0. The van der Waals surface area contributed by atoms with Gasteiger partial charge in [0.2, 0.25) is 0 Å². The first-order valence-electron chi connectivity index (χ1n) is 5.75. The molecule has 112 valence electrons. The predicted octanol–water partition coefficient (Wildman–Crippen LogP) is 3.60. The number of rotatable bonds is 4. The second-order valence-electron chi connectivity index (χ2n) is 4.13. The zero-order chi connectivity index (χ0) is 15.6. The van der Waals surface area contributed by atoms with Crippen LogP contribution in [0, 0.1) is 0 Å². The zero-order valence-electron chi connectivity index (χ0n) is 10.9. The van der Waals surface area contributed by atoms with Gasteiger partial charge in [0.25, 0.3) is 10.0 Å². The van der Waals surface area contributed by atoms with E-state index in [1.807, 2.05) is 0 Å². The van der Waals surface area contributed by atoms with Crippen LogP contribution in [0.5, 0.6) is 5.75 Å². The van der Waals surface area contributed by atoms with Gasteiger partial charge in [-0.05, 0) is 46.3 Å². The Morgan fingerprint density at radius 2 is 1.86 bits per heavy atom. The summed E-state index contributed by atoms with van der Waals surface area (Å²) in [5.74, 6) is 0.509. The molecule has 8 heteroatoms.